The Bertz CT molecular complexity index is 1210. The number of amides is 1. The van der Waals surface area contributed by atoms with Crippen LogP contribution in [0.5, 0.6) is 0 Å². The molecule has 0 aliphatic carbocycles. The lowest BCUT2D eigenvalue weighted by Crippen LogP contribution is -2.51. The molecule has 1 aliphatic heterocycles. The standard InChI is InChI=1S/C25H20N2O2/c28-24-25(22-12-6-7-13-23(22)26-24,27(29)21-10-2-1-3-11-21)17-18-14-15-19-8-4-5-9-20(19)16-18/h1-16,29H,17H2,(H,26,28)/t25-/m1/s1. The SMILES string of the molecule is O=C1Nc2ccccc2[C@@]1(Cc1ccc2ccccc2c1)N(O)c1ccccc1. The third kappa shape index (κ3) is 2.77. The van der Waals surface area contributed by atoms with Crippen molar-refractivity contribution in [3.63, 3.8) is 0 Å². The Hall–Kier alpha value is -3.63. The molecule has 0 saturated carbocycles. The van der Waals surface area contributed by atoms with E-state index in [1.165, 1.54) is 0 Å². The van der Waals surface area contributed by atoms with Crippen molar-refractivity contribution in [2.75, 3.05) is 10.4 Å². The summed E-state index contributed by atoms with van der Waals surface area (Å²) < 4.78 is 0. The first-order valence-corrected chi connectivity index (χ1v) is 9.61. The number of hydroxylamine groups is 1. The molecule has 2 N–H and O–H groups in total. The Labute approximate surface area is 169 Å². The molecule has 29 heavy (non-hydrogen) atoms. The van der Waals surface area contributed by atoms with E-state index in [-0.39, 0.29) is 5.91 Å². The lowest BCUT2D eigenvalue weighted by atomic mass is 9.83. The zero-order valence-corrected chi connectivity index (χ0v) is 15.7. The van der Waals surface area contributed by atoms with Crippen LogP contribution in [0.2, 0.25) is 0 Å². The zero-order chi connectivity index (χ0) is 19.8. The molecule has 1 heterocycles. The summed E-state index contributed by atoms with van der Waals surface area (Å²) in [6.07, 6.45) is 0.339. The van der Waals surface area contributed by atoms with Gasteiger partial charge in [0.25, 0.3) is 5.91 Å². The number of nitrogens with one attached hydrogen (secondary N) is 1. The van der Waals surface area contributed by atoms with Gasteiger partial charge in [-0.05, 0) is 34.5 Å². The first kappa shape index (κ1) is 17.5. The van der Waals surface area contributed by atoms with E-state index in [2.05, 4.69) is 29.6 Å². The molecular weight excluding hydrogens is 360 g/mol. The highest BCUT2D eigenvalue weighted by Crippen LogP contribution is 2.44. The maximum absolute atomic E-state index is 13.3. The third-order valence-corrected chi connectivity index (χ3v) is 5.63. The molecule has 1 atom stereocenters. The number of carbonyl (C=O) groups excluding carboxylic acids is 1. The fourth-order valence-electron chi connectivity index (χ4n) is 4.20. The second kappa shape index (κ2) is 6.76. The normalized spacial score (nSPS) is 17.8. The number of nitrogens with zero attached hydrogens (tertiary/aromatic N) is 1. The maximum atomic E-state index is 13.3. The number of fused-ring (bicyclic) bond motifs is 2. The van der Waals surface area contributed by atoms with Crippen molar-refractivity contribution in [3.8, 4) is 0 Å². The Morgan fingerprint density at radius 1 is 0.793 bits per heavy atom. The molecule has 0 spiro atoms. The molecule has 0 fully saturated rings. The van der Waals surface area contributed by atoms with Gasteiger partial charge in [0.15, 0.2) is 5.54 Å². The minimum Gasteiger partial charge on any atom is -0.323 e. The summed E-state index contributed by atoms with van der Waals surface area (Å²) in [7, 11) is 0. The Morgan fingerprint density at radius 3 is 2.31 bits per heavy atom. The molecule has 5 rings (SSSR count). The van der Waals surface area contributed by atoms with Crippen LogP contribution in [-0.4, -0.2) is 11.1 Å². The predicted molar refractivity (Wildman–Crippen MR) is 115 cm³/mol. The van der Waals surface area contributed by atoms with Gasteiger partial charge in [-0.2, -0.15) is 0 Å². The van der Waals surface area contributed by atoms with E-state index in [9.17, 15) is 10.0 Å². The van der Waals surface area contributed by atoms with Crippen molar-refractivity contribution in [3.05, 3.63) is 108 Å². The summed E-state index contributed by atoms with van der Waals surface area (Å²) in [6, 6.07) is 31.0. The summed E-state index contributed by atoms with van der Waals surface area (Å²) in [6.45, 7) is 0. The monoisotopic (exact) mass is 380 g/mol. The van der Waals surface area contributed by atoms with Crippen molar-refractivity contribution in [2.45, 2.75) is 12.0 Å². The predicted octanol–water partition coefficient (Wildman–Crippen LogP) is 5.13. The minimum absolute atomic E-state index is 0.238. The molecular formula is C25H20N2O2. The van der Waals surface area contributed by atoms with Gasteiger partial charge in [0, 0.05) is 17.7 Å². The highest BCUT2D eigenvalue weighted by molar-refractivity contribution is 6.08. The first-order valence-electron chi connectivity index (χ1n) is 9.61. The van der Waals surface area contributed by atoms with Crippen LogP contribution in [0.15, 0.2) is 97.1 Å². The average Bonchev–Trinajstić information content (AvgIpc) is 3.06. The second-order valence-electron chi connectivity index (χ2n) is 7.37. The van der Waals surface area contributed by atoms with Crippen LogP contribution < -0.4 is 10.4 Å². The lowest BCUT2D eigenvalue weighted by molar-refractivity contribution is -0.123. The molecule has 4 aromatic rings. The van der Waals surface area contributed by atoms with Crippen LogP contribution >= 0.6 is 0 Å². The first-order chi connectivity index (χ1) is 14.2. The van der Waals surface area contributed by atoms with Crippen molar-refractivity contribution in [1.82, 2.24) is 0 Å². The highest BCUT2D eigenvalue weighted by atomic mass is 16.5. The molecule has 4 heteroatoms. The van der Waals surface area contributed by atoms with Crippen molar-refractivity contribution in [2.24, 2.45) is 0 Å². The highest BCUT2D eigenvalue weighted by Gasteiger charge is 2.51. The number of rotatable bonds is 4. The Kier molecular flexibility index (Phi) is 4.07. The number of benzene rings is 4. The molecule has 4 nitrogen and oxygen atoms in total. The van der Waals surface area contributed by atoms with E-state index in [4.69, 9.17) is 0 Å². The number of para-hydroxylation sites is 2. The van der Waals surface area contributed by atoms with Crippen LogP contribution in [0.4, 0.5) is 11.4 Å². The smallest absolute Gasteiger partial charge is 0.257 e. The zero-order valence-electron chi connectivity index (χ0n) is 15.7. The van der Waals surface area contributed by atoms with Gasteiger partial charge in [-0.25, -0.2) is 5.06 Å². The number of hydrogen-bond donors (Lipinski definition) is 2. The third-order valence-electron chi connectivity index (χ3n) is 5.63. The molecule has 142 valence electrons. The van der Waals surface area contributed by atoms with Crippen molar-refractivity contribution >= 4 is 28.1 Å². The second-order valence-corrected chi connectivity index (χ2v) is 7.37. The molecule has 0 bridgehead atoms. The quantitative estimate of drug-likeness (QED) is 0.483. The summed E-state index contributed by atoms with van der Waals surface area (Å²) in [5.41, 5.74) is 1.80. The van der Waals surface area contributed by atoms with Gasteiger partial charge in [0.05, 0.1) is 5.69 Å². The van der Waals surface area contributed by atoms with Crippen LogP contribution in [0.3, 0.4) is 0 Å². The lowest BCUT2D eigenvalue weighted by Gasteiger charge is -2.36. The van der Waals surface area contributed by atoms with Crippen LogP contribution in [0.25, 0.3) is 10.8 Å². The van der Waals surface area contributed by atoms with Gasteiger partial charge in [-0.15, -0.1) is 0 Å². The van der Waals surface area contributed by atoms with E-state index < -0.39 is 5.54 Å². The van der Waals surface area contributed by atoms with Gasteiger partial charge >= 0.3 is 0 Å². The molecule has 0 unspecified atom stereocenters. The Balaban J connectivity index is 1.67. The summed E-state index contributed by atoms with van der Waals surface area (Å²) in [4.78, 5) is 13.3. The van der Waals surface area contributed by atoms with Crippen LogP contribution in [0, 0.1) is 0 Å². The van der Waals surface area contributed by atoms with Gasteiger partial charge in [0.2, 0.25) is 0 Å². The minimum atomic E-state index is -1.25. The molecule has 1 aliphatic rings. The molecule has 0 saturated heterocycles. The number of anilines is 2. The fourth-order valence-corrected chi connectivity index (χ4v) is 4.20. The van der Waals surface area contributed by atoms with Crippen molar-refractivity contribution in [1.29, 1.82) is 0 Å². The van der Waals surface area contributed by atoms with E-state index in [0.717, 1.165) is 32.6 Å². The molecule has 0 aromatic heterocycles. The largest absolute Gasteiger partial charge is 0.323 e. The molecule has 4 aromatic carbocycles. The maximum Gasteiger partial charge on any atom is 0.257 e. The number of hydrogen-bond acceptors (Lipinski definition) is 3. The topological polar surface area (TPSA) is 52.6 Å². The summed E-state index contributed by atoms with van der Waals surface area (Å²) in [5, 5.41) is 17.7. The fraction of sp³-hybridized carbons (Fsp3) is 0.0800. The number of carbonyl (C=O) groups is 1. The average molecular weight is 380 g/mol. The summed E-state index contributed by atoms with van der Waals surface area (Å²) >= 11 is 0. The van der Waals surface area contributed by atoms with Gasteiger partial charge in [0.1, 0.15) is 0 Å². The van der Waals surface area contributed by atoms with Crippen LogP contribution in [-0.2, 0) is 16.8 Å². The van der Waals surface area contributed by atoms with E-state index in [0.29, 0.717) is 12.1 Å². The van der Waals surface area contributed by atoms with E-state index in [1.807, 2.05) is 60.7 Å². The van der Waals surface area contributed by atoms with Crippen LogP contribution in [0.1, 0.15) is 11.1 Å². The van der Waals surface area contributed by atoms with Gasteiger partial charge in [-0.3, -0.25) is 10.0 Å². The van der Waals surface area contributed by atoms with Gasteiger partial charge < -0.3 is 5.32 Å². The Morgan fingerprint density at radius 2 is 1.48 bits per heavy atom. The molecule has 0 radical (unpaired) electrons. The summed E-state index contributed by atoms with van der Waals surface area (Å²) in [5.74, 6) is -0.238. The molecule has 1 amide bonds. The van der Waals surface area contributed by atoms with E-state index >= 15 is 0 Å². The van der Waals surface area contributed by atoms with Crippen molar-refractivity contribution < 1.29 is 10.0 Å². The van der Waals surface area contributed by atoms with Gasteiger partial charge in [-0.1, -0.05) is 78.9 Å². The van der Waals surface area contributed by atoms with E-state index in [1.54, 1.807) is 12.1 Å².